The summed E-state index contributed by atoms with van der Waals surface area (Å²) in [5, 5.41) is 1.70. The summed E-state index contributed by atoms with van der Waals surface area (Å²) in [5.41, 5.74) is 1.08. The van der Waals surface area contributed by atoms with Gasteiger partial charge in [-0.05, 0) is 24.6 Å². The van der Waals surface area contributed by atoms with Crippen LogP contribution < -0.4 is 4.74 Å². The molecule has 0 fully saturated rings. The number of halogens is 1. The van der Waals surface area contributed by atoms with Crippen molar-refractivity contribution in [2.24, 2.45) is 0 Å². The van der Waals surface area contributed by atoms with Crippen LogP contribution >= 0.6 is 11.3 Å². The van der Waals surface area contributed by atoms with E-state index in [9.17, 15) is 4.39 Å². The molecule has 0 spiro atoms. The second-order valence-corrected chi connectivity index (χ2v) is 3.89. The predicted octanol–water partition coefficient (Wildman–Crippen LogP) is 3.36. The molecule has 1 nitrogen and oxygen atoms in total. The molecule has 0 aliphatic carbocycles. The van der Waals surface area contributed by atoms with Crippen LogP contribution in [0.5, 0.6) is 5.06 Å². The minimum atomic E-state index is -0.172. The highest BCUT2D eigenvalue weighted by Gasteiger charge is 2.08. The second-order valence-electron chi connectivity index (χ2n) is 2.88. The van der Waals surface area contributed by atoms with Gasteiger partial charge in [0.2, 0.25) is 0 Å². The molecule has 0 N–H and O–H groups in total. The Hall–Kier alpha value is -1.09. The molecule has 1 aromatic carbocycles. The third-order valence-corrected chi connectivity index (χ3v) is 3.14. The molecule has 1 heterocycles. The number of rotatable bonds is 1. The van der Waals surface area contributed by atoms with Crippen molar-refractivity contribution in [3.63, 3.8) is 0 Å². The molecular weight excluding hydrogens is 187 g/mol. The lowest BCUT2D eigenvalue weighted by atomic mass is 10.1. The van der Waals surface area contributed by atoms with Crippen molar-refractivity contribution >= 4 is 21.4 Å². The minimum Gasteiger partial charge on any atom is -0.487 e. The zero-order valence-corrected chi connectivity index (χ0v) is 8.24. The first-order valence-corrected chi connectivity index (χ1v) is 4.76. The first kappa shape index (κ1) is 8.51. The Balaban J connectivity index is 2.80. The van der Waals surface area contributed by atoms with Gasteiger partial charge in [0, 0.05) is 5.39 Å². The number of ether oxygens (including phenoxy) is 1. The quantitative estimate of drug-likeness (QED) is 0.679. The second kappa shape index (κ2) is 3.00. The fourth-order valence-corrected chi connectivity index (χ4v) is 2.26. The zero-order valence-electron chi connectivity index (χ0n) is 7.43. The third kappa shape index (κ3) is 1.29. The molecule has 0 atom stereocenters. The third-order valence-electron chi connectivity index (χ3n) is 2.03. The standard InChI is InChI=1S/C10H9FOS/c1-6-3-4-8(11)10-7(6)5-9(12-2)13-10/h3-5H,1-2H3. The number of fused-ring (bicyclic) bond motifs is 1. The average molecular weight is 196 g/mol. The lowest BCUT2D eigenvalue weighted by Crippen LogP contribution is -1.76. The molecule has 13 heavy (non-hydrogen) atoms. The topological polar surface area (TPSA) is 9.23 Å². The molecule has 0 unspecified atom stereocenters. The summed E-state index contributed by atoms with van der Waals surface area (Å²) in [7, 11) is 1.60. The van der Waals surface area contributed by atoms with Crippen molar-refractivity contribution in [3.05, 3.63) is 29.6 Å². The van der Waals surface area contributed by atoms with Crippen molar-refractivity contribution in [3.8, 4) is 5.06 Å². The van der Waals surface area contributed by atoms with Gasteiger partial charge in [0.15, 0.2) is 5.06 Å². The van der Waals surface area contributed by atoms with Gasteiger partial charge in [0.25, 0.3) is 0 Å². The van der Waals surface area contributed by atoms with Crippen LogP contribution in [0.1, 0.15) is 5.56 Å². The van der Waals surface area contributed by atoms with Gasteiger partial charge in [-0.25, -0.2) is 4.39 Å². The normalized spacial score (nSPS) is 10.7. The monoisotopic (exact) mass is 196 g/mol. The van der Waals surface area contributed by atoms with Crippen LogP contribution in [0.3, 0.4) is 0 Å². The van der Waals surface area contributed by atoms with E-state index in [0.717, 1.165) is 16.0 Å². The van der Waals surface area contributed by atoms with Crippen LogP contribution in [0.15, 0.2) is 18.2 Å². The zero-order chi connectivity index (χ0) is 9.42. The molecule has 0 saturated heterocycles. The molecule has 0 aliphatic heterocycles. The molecule has 68 valence electrons. The van der Waals surface area contributed by atoms with E-state index in [4.69, 9.17) is 4.74 Å². The number of thiophene rings is 1. The first-order chi connectivity index (χ1) is 6.22. The molecule has 0 bridgehead atoms. The summed E-state index contributed by atoms with van der Waals surface area (Å²) in [5.74, 6) is -0.172. The van der Waals surface area contributed by atoms with Crippen LogP contribution in [-0.2, 0) is 0 Å². The van der Waals surface area contributed by atoms with Crippen LogP contribution in [0.25, 0.3) is 10.1 Å². The maximum absolute atomic E-state index is 13.3. The van der Waals surface area contributed by atoms with Crippen LogP contribution in [0.2, 0.25) is 0 Å². The maximum atomic E-state index is 13.3. The molecule has 2 aromatic rings. The van der Waals surface area contributed by atoms with Gasteiger partial charge in [-0.2, -0.15) is 0 Å². The fraction of sp³-hybridized carbons (Fsp3) is 0.200. The molecule has 0 saturated carbocycles. The van der Waals surface area contributed by atoms with E-state index in [1.54, 1.807) is 13.2 Å². The Morgan fingerprint density at radius 3 is 2.77 bits per heavy atom. The van der Waals surface area contributed by atoms with Crippen molar-refractivity contribution in [1.29, 1.82) is 0 Å². The highest BCUT2D eigenvalue weighted by molar-refractivity contribution is 7.20. The molecule has 1 aromatic heterocycles. The van der Waals surface area contributed by atoms with Gasteiger partial charge < -0.3 is 4.74 Å². The van der Waals surface area contributed by atoms with Gasteiger partial charge in [0.1, 0.15) is 5.82 Å². The predicted molar refractivity (Wildman–Crippen MR) is 53.1 cm³/mol. The lowest BCUT2D eigenvalue weighted by molar-refractivity contribution is 0.427. The van der Waals surface area contributed by atoms with E-state index < -0.39 is 0 Å². The Morgan fingerprint density at radius 2 is 2.15 bits per heavy atom. The van der Waals surface area contributed by atoms with E-state index in [1.165, 1.54) is 17.4 Å². The van der Waals surface area contributed by atoms with Gasteiger partial charge in [-0.15, -0.1) is 0 Å². The van der Waals surface area contributed by atoms with Gasteiger partial charge >= 0.3 is 0 Å². The number of hydrogen-bond acceptors (Lipinski definition) is 2. The molecule has 0 aliphatic rings. The van der Waals surface area contributed by atoms with E-state index in [1.807, 2.05) is 13.0 Å². The molecule has 2 rings (SSSR count). The molecule has 0 amide bonds. The lowest BCUT2D eigenvalue weighted by Gasteiger charge is -1.94. The highest BCUT2D eigenvalue weighted by Crippen LogP contribution is 2.34. The van der Waals surface area contributed by atoms with Gasteiger partial charge in [-0.3, -0.25) is 0 Å². The van der Waals surface area contributed by atoms with Crippen molar-refractivity contribution < 1.29 is 9.13 Å². The Bertz CT molecular complexity index is 408. The maximum Gasteiger partial charge on any atom is 0.174 e. The summed E-state index contributed by atoms with van der Waals surface area (Å²) in [6, 6.07) is 5.15. The summed E-state index contributed by atoms with van der Waals surface area (Å²) < 4.78 is 19.0. The number of benzene rings is 1. The van der Waals surface area contributed by atoms with E-state index in [0.29, 0.717) is 4.70 Å². The summed E-state index contributed by atoms with van der Waals surface area (Å²) in [4.78, 5) is 0. The van der Waals surface area contributed by atoms with Gasteiger partial charge in [0.05, 0.1) is 11.8 Å². The van der Waals surface area contributed by atoms with E-state index >= 15 is 0 Å². The summed E-state index contributed by atoms with van der Waals surface area (Å²) >= 11 is 1.34. The van der Waals surface area contributed by atoms with E-state index in [-0.39, 0.29) is 5.82 Å². The largest absolute Gasteiger partial charge is 0.487 e. The van der Waals surface area contributed by atoms with Crippen molar-refractivity contribution in [1.82, 2.24) is 0 Å². The van der Waals surface area contributed by atoms with Crippen molar-refractivity contribution in [2.45, 2.75) is 6.92 Å². The SMILES string of the molecule is COc1cc2c(C)ccc(F)c2s1. The fourth-order valence-electron chi connectivity index (χ4n) is 1.30. The van der Waals surface area contributed by atoms with Gasteiger partial charge in [-0.1, -0.05) is 17.4 Å². The summed E-state index contributed by atoms with van der Waals surface area (Å²) in [6.07, 6.45) is 0. The minimum absolute atomic E-state index is 0.172. The van der Waals surface area contributed by atoms with E-state index in [2.05, 4.69) is 0 Å². The van der Waals surface area contributed by atoms with Crippen LogP contribution in [0.4, 0.5) is 4.39 Å². The summed E-state index contributed by atoms with van der Waals surface area (Å²) in [6.45, 7) is 1.97. The molecular formula is C10H9FOS. The van der Waals surface area contributed by atoms with Crippen LogP contribution in [0, 0.1) is 12.7 Å². The number of methoxy groups -OCH3 is 1. The smallest absolute Gasteiger partial charge is 0.174 e. The molecule has 3 heteroatoms. The first-order valence-electron chi connectivity index (χ1n) is 3.95. The Kier molecular flexibility index (Phi) is 1.96. The van der Waals surface area contributed by atoms with Crippen molar-refractivity contribution in [2.75, 3.05) is 7.11 Å². The highest BCUT2D eigenvalue weighted by atomic mass is 32.1. The number of hydrogen-bond donors (Lipinski definition) is 0. The Morgan fingerprint density at radius 1 is 1.38 bits per heavy atom. The average Bonchev–Trinajstić information content (AvgIpc) is 2.56. The number of aryl methyl sites for hydroxylation is 1. The molecule has 0 radical (unpaired) electrons. The van der Waals surface area contributed by atoms with Crippen LogP contribution in [-0.4, -0.2) is 7.11 Å². The Labute approximate surface area is 79.8 Å².